The van der Waals surface area contributed by atoms with E-state index in [0.29, 0.717) is 0 Å². The first kappa shape index (κ1) is 22.5. The molecule has 0 atom stereocenters. The van der Waals surface area contributed by atoms with Crippen LogP contribution in [0.2, 0.25) is 0 Å². The van der Waals surface area contributed by atoms with Gasteiger partial charge in [0.1, 0.15) is 0 Å². The largest absolute Gasteiger partial charge is 0.358 e. The Morgan fingerprint density at radius 3 is 1.80 bits per heavy atom. The van der Waals surface area contributed by atoms with Gasteiger partial charge in [-0.1, -0.05) is 0 Å². The fraction of sp³-hybridized carbons (Fsp3) is 0.600. The molecule has 4 nitrogen and oxygen atoms in total. The van der Waals surface area contributed by atoms with Crippen LogP contribution in [0.1, 0.15) is 0 Å². The number of nitrogens with zero attached hydrogens (tertiary/aromatic N) is 1. The molecule has 67 valence electrons. The fourth-order valence-corrected chi connectivity index (χ4v) is 0.0913. The first-order valence-corrected chi connectivity index (χ1v) is 2.86. The van der Waals surface area contributed by atoms with E-state index in [9.17, 15) is 0 Å². The Bertz CT molecular complexity index is 31.6. The summed E-state index contributed by atoms with van der Waals surface area (Å²) in [4.78, 5) is 4.20. The van der Waals surface area contributed by atoms with Crippen molar-refractivity contribution in [1.29, 1.82) is 0 Å². The molecule has 0 unspecified atom stereocenters. The summed E-state index contributed by atoms with van der Waals surface area (Å²) in [7, 11) is 4.15. The Labute approximate surface area is 71.2 Å². The first-order chi connectivity index (χ1) is 4.41. The zero-order valence-corrected chi connectivity index (χ0v) is 8.07. The molecule has 0 aliphatic rings. The molecule has 0 spiro atoms. The summed E-state index contributed by atoms with van der Waals surface area (Å²) in [6.45, 7) is 0. The Balaban J connectivity index is -0.0000000315. The number of hydrogen-bond acceptors (Lipinski definition) is 3. The van der Waals surface area contributed by atoms with E-state index < -0.39 is 0 Å². The molecule has 0 saturated heterocycles. The van der Waals surface area contributed by atoms with Crippen molar-refractivity contribution < 1.29 is 25.5 Å². The summed E-state index contributed by atoms with van der Waals surface area (Å²) in [5.41, 5.74) is 8.70. The Hall–Kier alpha value is 0.229. The second kappa shape index (κ2) is 59.9. The van der Waals surface area contributed by atoms with E-state index in [1.165, 1.54) is 7.11 Å². The standard InChI is InChI=1S/C2H7N2O.CH4O.CH3.CH2.Mn/c1-3-4-5-2;1-2;;;/h3H,1-2H3;2H,1H3;1H3;1H2;/q-1;;-1;;. The number of hydrogen-bond donors (Lipinski definition) is 2. The van der Waals surface area contributed by atoms with Crippen LogP contribution in [0.15, 0.2) is 0 Å². The average Bonchev–Trinajstić information content (AvgIpc) is 1.98. The van der Waals surface area contributed by atoms with Gasteiger partial charge in [-0.2, -0.15) is 0 Å². The monoisotopic (exact) mass is 191 g/mol. The number of aliphatic hydroxyl groups is 1. The molecule has 10 heavy (non-hydrogen) atoms. The molecular formula is C5H16MnN2O2-2. The fourth-order valence-electron chi connectivity index (χ4n) is 0.0913. The van der Waals surface area contributed by atoms with Gasteiger partial charge in [-0.15, -0.1) is 0 Å². The van der Waals surface area contributed by atoms with Gasteiger partial charge in [-0.05, 0) is 7.05 Å². The zero-order valence-electron chi connectivity index (χ0n) is 6.89. The van der Waals surface area contributed by atoms with Crippen molar-refractivity contribution in [3.63, 3.8) is 0 Å². The molecule has 0 amide bonds. The predicted molar refractivity (Wildman–Crippen MR) is 41.1 cm³/mol. The molecule has 5 heteroatoms. The minimum absolute atomic E-state index is 0. The quantitative estimate of drug-likeness (QED) is 0.369. The SMILES string of the molecule is CN[N-]OC.CO.[CH2]=[Mn].[CH3-]. The summed E-state index contributed by atoms with van der Waals surface area (Å²) in [5, 5.41) is 7.00. The molecule has 0 aromatic carbocycles. The van der Waals surface area contributed by atoms with Crippen molar-refractivity contribution in [2.75, 3.05) is 21.3 Å². The molecule has 0 aliphatic heterocycles. The van der Waals surface area contributed by atoms with Gasteiger partial charge < -0.3 is 28.4 Å². The zero-order chi connectivity index (χ0) is 8.12. The number of nitrogens with one attached hydrogen (secondary N) is 1. The number of aliphatic hydroxyl groups excluding tert-OH is 1. The summed E-state index contributed by atoms with van der Waals surface area (Å²) < 4.78 is 0. The maximum atomic E-state index is 7.00. The van der Waals surface area contributed by atoms with Crippen LogP contribution in [0.25, 0.3) is 5.59 Å². The van der Waals surface area contributed by atoms with Crippen LogP contribution in [0.5, 0.6) is 0 Å². The summed E-state index contributed by atoms with van der Waals surface area (Å²) in [6, 6.07) is 0. The van der Waals surface area contributed by atoms with Crippen molar-refractivity contribution in [2.24, 2.45) is 0 Å². The van der Waals surface area contributed by atoms with Crippen molar-refractivity contribution in [1.82, 2.24) is 5.43 Å². The topological polar surface area (TPSA) is 55.6 Å². The van der Waals surface area contributed by atoms with Gasteiger partial charge in [0.15, 0.2) is 0 Å². The minimum Gasteiger partial charge on any atom is -0.358 e. The van der Waals surface area contributed by atoms with Gasteiger partial charge in [0, 0.05) is 14.2 Å². The summed E-state index contributed by atoms with van der Waals surface area (Å²) in [5.74, 6) is 0. The van der Waals surface area contributed by atoms with E-state index in [1.807, 2.05) is 0 Å². The molecule has 0 saturated carbocycles. The van der Waals surface area contributed by atoms with Gasteiger partial charge in [0.2, 0.25) is 0 Å². The normalized spacial score (nSPS) is 5.20. The van der Waals surface area contributed by atoms with Crippen LogP contribution in [0, 0.1) is 7.43 Å². The molecule has 0 aromatic rings. The van der Waals surface area contributed by atoms with Crippen LogP contribution in [-0.2, 0) is 20.4 Å². The maximum Gasteiger partial charge on any atom is -0.358 e. The van der Waals surface area contributed by atoms with Crippen molar-refractivity contribution in [3.8, 4) is 0 Å². The van der Waals surface area contributed by atoms with Crippen LogP contribution >= 0.6 is 0 Å². The van der Waals surface area contributed by atoms with Crippen molar-refractivity contribution in [3.05, 3.63) is 13.0 Å². The van der Waals surface area contributed by atoms with Gasteiger partial charge in [0.05, 0.1) is 0 Å². The van der Waals surface area contributed by atoms with Crippen molar-refractivity contribution in [2.45, 2.75) is 0 Å². The first-order valence-electron chi connectivity index (χ1n) is 2.03. The molecule has 0 rings (SSSR count). The molecule has 0 bridgehead atoms. The van der Waals surface area contributed by atoms with E-state index >= 15 is 0 Å². The third kappa shape index (κ3) is 86.5. The molecule has 0 aromatic heterocycles. The van der Waals surface area contributed by atoms with Crippen molar-refractivity contribution >= 4 is 5.42 Å². The van der Waals surface area contributed by atoms with Gasteiger partial charge in [-0.25, -0.2) is 0 Å². The maximum absolute atomic E-state index is 7.00. The molecule has 0 fully saturated rings. The molecule has 0 radical (unpaired) electrons. The smallest absolute Gasteiger partial charge is 0.358 e. The Kier molecular flexibility index (Phi) is 135. The second-order valence-electron chi connectivity index (χ2n) is 0.497. The van der Waals surface area contributed by atoms with E-state index in [2.05, 4.69) is 36.9 Å². The Morgan fingerprint density at radius 2 is 1.80 bits per heavy atom. The van der Waals surface area contributed by atoms with Gasteiger partial charge in [0.25, 0.3) is 0 Å². The Morgan fingerprint density at radius 1 is 1.50 bits per heavy atom. The van der Waals surface area contributed by atoms with Crippen LogP contribution in [0.3, 0.4) is 0 Å². The van der Waals surface area contributed by atoms with E-state index in [0.717, 1.165) is 7.11 Å². The van der Waals surface area contributed by atoms with Gasteiger partial charge in [-0.3, -0.25) is 0 Å². The second-order valence-corrected chi connectivity index (χ2v) is 0.497. The van der Waals surface area contributed by atoms with E-state index in [1.54, 1.807) is 7.05 Å². The van der Waals surface area contributed by atoms with E-state index in [4.69, 9.17) is 5.11 Å². The van der Waals surface area contributed by atoms with Crippen LogP contribution in [-0.4, -0.2) is 31.8 Å². The van der Waals surface area contributed by atoms with Crippen LogP contribution in [0.4, 0.5) is 0 Å². The third-order valence-corrected chi connectivity index (χ3v) is 0.183. The summed E-state index contributed by atoms with van der Waals surface area (Å²) >= 11 is 2.69. The van der Waals surface area contributed by atoms with Crippen LogP contribution < -0.4 is 5.43 Å². The van der Waals surface area contributed by atoms with E-state index in [-0.39, 0.29) is 7.43 Å². The predicted octanol–water partition coefficient (Wildman–Crippen LogP) is 0.0799. The minimum atomic E-state index is 0. The molecule has 0 aliphatic carbocycles. The molecular weight excluding hydrogens is 175 g/mol. The molecule has 2 N–H and O–H groups in total. The average molecular weight is 191 g/mol. The summed E-state index contributed by atoms with van der Waals surface area (Å²) in [6.07, 6.45) is 0. The third-order valence-electron chi connectivity index (χ3n) is 0.183. The molecule has 0 heterocycles. The van der Waals surface area contributed by atoms with Gasteiger partial charge >= 0.3 is 21.0 Å². The number of rotatable bonds is 2.